The minimum absolute atomic E-state index is 0.139. The lowest BCUT2D eigenvalue weighted by molar-refractivity contribution is -0.120. The molecule has 5 heteroatoms. The molecule has 0 spiro atoms. The van der Waals surface area contributed by atoms with Gasteiger partial charge in [0, 0.05) is 24.5 Å². The number of rotatable bonds is 5. The van der Waals surface area contributed by atoms with Crippen LogP contribution in [0.25, 0.3) is 5.69 Å². The van der Waals surface area contributed by atoms with Gasteiger partial charge in [0.2, 0.25) is 5.91 Å². The first kappa shape index (κ1) is 15.0. The second-order valence-electron chi connectivity index (χ2n) is 5.16. The van der Waals surface area contributed by atoms with E-state index in [0.717, 1.165) is 11.3 Å². The minimum Gasteiger partial charge on any atom is -0.352 e. The fourth-order valence-electron chi connectivity index (χ4n) is 2.27. The van der Waals surface area contributed by atoms with Gasteiger partial charge in [0.25, 0.3) is 0 Å². The van der Waals surface area contributed by atoms with Gasteiger partial charge >= 0.3 is 0 Å². The Balaban J connectivity index is 1.57. The SMILES string of the molecule is O=C(Cc1ccc(-n2cccn2)cc1)NCc1ccccc1F. The molecule has 4 nitrogen and oxygen atoms in total. The van der Waals surface area contributed by atoms with E-state index in [9.17, 15) is 9.18 Å². The summed E-state index contributed by atoms with van der Waals surface area (Å²) in [6, 6.07) is 15.9. The summed E-state index contributed by atoms with van der Waals surface area (Å²) < 4.78 is 15.2. The standard InChI is InChI=1S/C18H16FN3O/c19-17-5-2-1-4-15(17)13-20-18(23)12-14-6-8-16(9-7-14)22-11-3-10-21-22/h1-11H,12-13H2,(H,20,23). The van der Waals surface area contributed by atoms with E-state index >= 15 is 0 Å². The first-order valence-electron chi connectivity index (χ1n) is 7.31. The van der Waals surface area contributed by atoms with Crippen LogP contribution < -0.4 is 5.32 Å². The molecule has 0 unspecified atom stereocenters. The van der Waals surface area contributed by atoms with E-state index in [1.807, 2.05) is 36.5 Å². The van der Waals surface area contributed by atoms with Gasteiger partial charge < -0.3 is 5.32 Å². The van der Waals surface area contributed by atoms with Crippen LogP contribution in [-0.2, 0) is 17.8 Å². The second-order valence-corrected chi connectivity index (χ2v) is 5.16. The van der Waals surface area contributed by atoms with Crippen LogP contribution >= 0.6 is 0 Å². The normalized spacial score (nSPS) is 10.5. The van der Waals surface area contributed by atoms with Gasteiger partial charge in [-0.1, -0.05) is 30.3 Å². The Morgan fingerprint density at radius 1 is 1.09 bits per heavy atom. The Morgan fingerprint density at radius 2 is 1.87 bits per heavy atom. The molecular formula is C18H16FN3O. The zero-order chi connectivity index (χ0) is 16.1. The van der Waals surface area contributed by atoms with Crippen LogP contribution in [0.15, 0.2) is 67.0 Å². The predicted octanol–water partition coefficient (Wildman–Crippen LogP) is 2.87. The van der Waals surface area contributed by atoms with Crippen molar-refractivity contribution in [3.8, 4) is 5.69 Å². The van der Waals surface area contributed by atoms with Crippen molar-refractivity contribution in [2.75, 3.05) is 0 Å². The summed E-state index contributed by atoms with van der Waals surface area (Å²) in [6.45, 7) is 0.191. The number of aromatic nitrogens is 2. The lowest BCUT2D eigenvalue weighted by atomic mass is 10.1. The van der Waals surface area contributed by atoms with E-state index in [1.165, 1.54) is 6.07 Å². The average molecular weight is 309 g/mol. The number of hydrogen-bond donors (Lipinski definition) is 1. The molecule has 116 valence electrons. The summed E-state index contributed by atoms with van der Waals surface area (Å²) in [4.78, 5) is 12.0. The molecule has 0 fully saturated rings. The first-order valence-corrected chi connectivity index (χ1v) is 7.31. The Bertz CT molecular complexity index is 782. The van der Waals surface area contributed by atoms with E-state index in [1.54, 1.807) is 29.1 Å². The third kappa shape index (κ3) is 3.83. The Morgan fingerprint density at radius 3 is 2.57 bits per heavy atom. The number of benzene rings is 2. The molecule has 0 aliphatic carbocycles. The molecule has 1 N–H and O–H groups in total. The monoisotopic (exact) mass is 309 g/mol. The highest BCUT2D eigenvalue weighted by molar-refractivity contribution is 5.78. The molecule has 3 aromatic rings. The highest BCUT2D eigenvalue weighted by Crippen LogP contribution is 2.10. The number of nitrogens with one attached hydrogen (secondary N) is 1. The zero-order valence-electron chi connectivity index (χ0n) is 12.4. The third-order valence-corrected chi connectivity index (χ3v) is 3.50. The molecule has 0 aliphatic rings. The molecular weight excluding hydrogens is 293 g/mol. The molecule has 3 rings (SSSR count). The van der Waals surface area contributed by atoms with Gasteiger partial charge in [-0.05, 0) is 29.8 Å². The van der Waals surface area contributed by atoms with Gasteiger partial charge in [-0.2, -0.15) is 5.10 Å². The van der Waals surface area contributed by atoms with Crippen LogP contribution in [0.5, 0.6) is 0 Å². The smallest absolute Gasteiger partial charge is 0.224 e. The predicted molar refractivity (Wildman–Crippen MR) is 85.5 cm³/mol. The fraction of sp³-hybridized carbons (Fsp3) is 0.111. The van der Waals surface area contributed by atoms with Crippen LogP contribution in [0.3, 0.4) is 0 Å². The topological polar surface area (TPSA) is 46.9 Å². The maximum absolute atomic E-state index is 13.5. The van der Waals surface area contributed by atoms with Crippen molar-refractivity contribution >= 4 is 5.91 Å². The fourth-order valence-corrected chi connectivity index (χ4v) is 2.27. The van der Waals surface area contributed by atoms with Gasteiger partial charge in [-0.15, -0.1) is 0 Å². The van der Waals surface area contributed by atoms with E-state index < -0.39 is 0 Å². The summed E-state index contributed by atoms with van der Waals surface area (Å²) in [6.07, 6.45) is 3.83. The number of nitrogens with zero attached hydrogens (tertiary/aromatic N) is 2. The van der Waals surface area contributed by atoms with Gasteiger partial charge in [-0.25, -0.2) is 9.07 Å². The summed E-state index contributed by atoms with van der Waals surface area (Å²) in [5, 5.41) is 6.88. The minimum atomic E-state index is -0.309. The van der Waals surface area contributed by atoms with Crippen LogP contribution in [-0.4, -0.2) is 15.7 Å². The maximum Gasteiger partial charge on any atom is 0.224 e. The van der Waals surface area contributed by atoms with E-state index in [4.69, 9.17) is 0 Å². The van der Waals surface area contributed by atoms with Crippen LogP contribution in [0, 0.1) is 5.82 Å². The Hall–Kier alpha value is -2.95. The molecule has 0 saturated carbocycles. The van der Waals surface area contributed by atoms with Crippen LogP contribution in [0.4, 0.5) is 4.39 Å². The summed E-state index contributed by atoms with van der Waals surface area (Å²) >= 11 is 0. The van der Waals surface area contributed by atoms with Crippen molar-refractivity contribution in [3.63, 3.8) is 0 Å². The molecule has 0 bridgehead atoms. The number of halogens is 1. The van der Waals surface area contributed by atoms with Crippen molar-refractivity contribution in [2.24, 2.45) is 0 Å². The van der Waals surface area contributed by atoms with Crippen molar-refractivity contribution in [1.82, 2.24) is 15.1 Å². The van der Waals surface area contributed by atoms with E-state index in [2.05, 4.69) is 10.4 Å². The molecule has 1 amide bonds. The van der Waals surface area contributed by atoms with Crippen molar-refractivity contribution in [2.45, 2.75) is 13.0 Å². The molecule has 0 aliphatic heterocycles. The summed E-state index contributed by atoms with van der Waals surface area (Å²) in [5.74, 6) is -0.448. The zero-order valence-corrected chi connectivity index (χ0v) is 12.4. The first-order chi connectivity index (χ1) is 11.2. The third-order valence-electron chi connectivity index (χ3n) is 3.50. The Labute approximate surface area is 133 Å². The van der Waals surface area contributed by atoms with Crippen molar-refractivity contribution < 1.29 is 9.18 Å². The lowest BCUT2D eigenvalue weighted by Gasteiger charge is -2.07. The molecule has 0 atom stereocenters. The molecule has 0 saturated heterocycles. The van der Waals surface area contributed by atoms with E-state index in [-0.39, 0.29) is 24.7 Å². The maximum atomic E-state index is 13.5. The highest BCUT2D eigenvalue weighted by atomic mass is 19.1. The summed E-state index contributed by atoms with van der Waals surface area (Å²) in [5.41, 5.74) is 2.31. The van der Waals surface area contributed by atoms with Crippen molar-refractivity contribution in [3.05, 3.63) is 83.9 Å². The number of hydrogen-bond acceptors (Lipinski definition) is 2. The van der Waals surface area contributed by atoms with Crippen molar-refractivity contribution in [1.29, 1.82) is 0 Å². The molecule has 1 aromatic heterocycles. The highest BCUT2D eigenvalue weighted by Gasteiger charge is 2.06. The van der Waals surface area contributed by atoms with E-state index in [0.29, 0.717) is 5.56 Å². The molecule has 23 heavy (non-hydrogen) atoms. The Kier molecular flexibility index (Phi) is 4.47. The van der Waals surface area contributed by atoms with Gasteiger partial charge in [0.05, 0.1) is 12.1 Å². The number of carbonyl (C=O) groups is 1. The molecule has 2 aromatic carbocycles. The lowest BCUT2D eigenvalue weighted by Crippen LogP contribution is -2.25. The summed E-state index contributed by atoms with van der Waals surface area (Å²) in [7, 11) is 0. The average Bonchev–Trinajstić information content (AvgIpc) is 3.09. The van der Waals surface area contributed by atoms with Crippen LogP contribution in [0.2, 0.25) is 0 Å². The largest absolute Gasteiger partial charge is 0.352 e. The van der Waals surface area contributed by atoms with Gasteiger partial charge in [0.1, 0.15) is 5.82 Å². The second kappa shape index (κ2) is 6.87. The quantitative estimate of drug-likeness (QED) is 0.788. The van der Waals surface area contributed by atoms with Gasteiger partial charge in [0.15, 0.2) is 0 Å². The molecule has 0 radical (unpaired) electrons. The van der Waals surface area contributed by atoms with Gasteiger partial charge in [-0.3, -0.25) is 4.79 Å². The molecule has 1 heterocycles. The van der Waals surface area contributed by atoms with Crippen LogP contribution in [0.1, 0.15) is 11.1 Å². The number of carbonyl (C=O) groups excluding carboxylic acids is 1. The number of amides is 1.